The highest BCUT2D eigenvalue weighted by molar-refractivity contribution is 5.84. The predicted octanol–water partition coefficient (Wildman–Crippen LogP) is 2.46. The zero-order valence-corrected chi connectivity index (χ0v) is 34.1. The quantitative estimate of drug-likeness (QED) is 0.0560. The van der Waals surface area contributed by atoms with E-state index in [9.17, 15) is 33.9 Å². The fraction of sp³-hybridized carbons (Fsp3) is 0.846. The molecule has 0 aromatic rings. The van der Waals surface area contributed by atoms with Gasteiger partial charge in [0.15, 0.2) is 5.78 Å². The van der Waals surface area contributed by atoms with Gasteiger partial charge in [0.2, 0.25) is 23.6 Å². The molecule has 17 heteroatoms. The summed E-state index contributed by atoms with van der Waals surface area (Å²) in [6.45, 7) is 6.90. The van der Waals surface area contributed by atoms with Crippen molar-refractivity contribution < 1.29 is 62.3 Å². The first kappa shape index (κ1) is 52.8. The molecule has 56 heavy (non-hydrogen) atoms. The number of carbonyl (C=O) groups is 6. The molecule has 0 unspecified atom stereocenters. The third-order valence-corrected chi connectivity index (χ3v) is 8.25. The van der Waals surface area contributed by atoms with E-state index in [4.69, 9.17) is 28.4 Å². The van der Waals surface area contributed by atoms with Crippen LogP contribution in [0.2, 0.25) is 0 Å². The highest BCUT2D eigenvalue weighted by Crippen LogP contribution is 2.12. The lowest BCUT2D eigenvalue weighted by Gasteiger charge is -2.14. The van der Waals surface area contributed by atoms with E-state index in [1.807, 2.05) is 0 Å². The lowest BCUT2D eigenvalue weighted by atomic mass is 10.0. The Labute approximate surface area is 333 Å². The van der Waals surface area contributed by atoms with Gasteiger partial charge in [-0.05, 0) is 12.8 Å². The number of hydrogen-bond acceptors (Lipinski definition) is 12. The van der Waals surface area contributed by atoms with Crippen molar-refractivity contribution in [2.45, 2.75) is 116 Å². The Morgan fingerprint density at radius 3 is 1.32 bits per heavy atom. The molecule has 0 radical (unpaired) electrons. The standard InChI is InChI=1S/C39H72N4O13/c1-3-5-6-7-8-9-10-11-12-13-14-15-36(46)43-34(39(49)50)16-17-35(45)40-18-21-51-25-28-55-31-38(48)42-20-23-53-26-29-56-32-37(47)41-19-22-52-24-27-54-30-33(44)4-2/h34H,3-32H2,1-2H3,(H,40,45)(H,41,47)(H,42,48)(H,43,46)(H,49,50)/t34-/m0/s1. The summed E-state index contributed by atoms with van der Waals surface area (Å²) in [6, 6.07) is -1.12. The summed E-state index contributed by atoms with van der Waals surface area (Å²) in [7, 11) is 0. The molecule has 5 N–H and O–H groups in total. The van der Waals surface area contributed by atoms with Crippen LogP contribution in [-0.2, 0) is 57.2 Å². The van der Waals surface area contributed by atoms with Crippen LogP contribution < -0.4 is 21.3 Å². The van der Waals surface area contributed by atoms with Gasteiger partial charge in [0.05, 0.1) is 59.5 Å². The Bertz CT molecular complexity index is 1030. The number of rotatable bonds is 42. The highest BCUT2D eigenvalue weighted by Gasteiger charge is 2.20. The third-order valence-electron chi connectivity index (χ3n) is 8.25. The molecule has 17 nitrogen and oxygen atoms in total. The number of unbranched alkanes of at least 4 members (excludes halogenated alkanes) is 10. The molecule has 0 bridgehead atoms. The molecule has 326 valence electrons. The van der Waals surface area contributed by atoms with E-state index in [0.717, 1.165) is 25.7 Å². The number of aliphatic carboxylic acids is 1. The van der Waals surface area contributed by atoms with Crippen LogP contribution in [0.15, 0.2) is 0 Å². The molecular weight excluding hydrogens is 732 g/mol. The zero-order valence-electron chi connectivity index (χ0n) is 34.1. The molecule has 0 aliphatic heterocycles. The van der Waals surface area contributed by atoms with E-state index >= 15 is 0 Å². The van der Waals surface area contributed by atoms with Gasteiger partial charge in [-0.25, -0.2) is 4.79 Å². The Morgan fingerprint density at radius 1 is 0.464 bits per heavy atom. The first-order valence-corrected chi connectivity index (χ1v) is 20.5. The average Bonchev–Trinajstić information content (AvgIpc) is 3.18. The van der Waals surface area contributed by atoms with Crippen molar-refractivity contribution in [2.24, 2.45) is 0 Å². The van der Waals surface area contributed by atoms with Crippen LogP contribution in [0.5, 0.6) is 0 Å². The molecule has 0 aliphatic carbocycles. The summed E-state index contributed by atoms with van der Waals surface area (Å²) in [5.74, 6) is -2.38. The summed E-state index contributed by atoms with van der Waals surface area (Å²) in [4.78, 5) is 70.7. The molecule has 0 saturated carbocycles. The average molecular weight is 805 g/mol. The number of carbonyl (C=O) groups excluding carboxylic acids is 5. The SMILES string of the molecule is CCCCCCCCCCCCCC(=O)N[C@@H](CCC(=O)NCCOCCOCC(=O)NCCOCCOCC(=O)NCCOCCOCC(=O)CC)C(=O)O. The number of ketones is 1. The second kappa shape index (κ2) is 40.0. The van der Waals surface area contributed by atoms with Crippen LogP contribution in [0.4, 0.5) is 0 Å². The lowest BCUT2D eigenvalue weighted by molar-refractivity contribution is -0.142. The Morgan fingerprint density at radius 2 is 0.875 bits per heavy atom. The monoisotopic (exact) mass is 805 g/mol. The number of amides is 4. The van der Waals surface area contributed by atoms with Crippen LogP contribution in [0.1, 0.15) is 110 Å². The van der Waals surface area contributed by atoms with Gasteiger partial charge in [0.25, 0.3) is 0 Å². The molecule has 0 aliphatic rings. The normalized spacial score (nSPS) is 11.5. The Kier molecular flexibility index (Phi) is 37.7. The Balaban J connectivity index is 3.62. The number of ether oxygens (including phenoxy) is 6. The van der Waals surface area contributed by atoms with E-state index in [2.05, 4.69) is 28.2 Å². The Hall–Kier alpha value is -3.22. The summed E-state index contributed by atoms with van der Waals surface area (Å²) in [6.07, 6.45) is 13.5. The summed E-state index contributed by atoms with van der Waals surface area (Å²) >= 11 is 0. The van der Waals surface area contributed by atoms with Crippen LogP contribution in [0.25, 0.3) is 0 Å². The van der Waals surface area contributed by atoms with Crippen molar-refractivity contribution >= 4 is 35.4 Å². The number of hydrogen-bond donors (Lipinski definition) is 5. The fourth-order valence-electron chi connectivity index (χ4n) is 5.00. The third kappa shape index (κ3) is 37.7. The number of carboxylic acid groups (broad SMARTS) is 1. The van der Waals surface area contributed by atoms with Gasteiger partial charge in [-0.3, -0.25) is 24.0 Å². The van der Waals surface area contributed by atoms with Gasteiger partial charge >= 0.3 is 5.97 Å². The molecule has 0 rings (SSSR count). The van der Waals surface area contributed by atoms with Crippen molar-refractivity contribution in [3.05, 3.63) is 0 Å². The molecule has 1 atom stereocenters. The van der Waals surface area contributed by atoms with Crippen molar-refractivity contribution in [3.63, 3.8) is 0 Å². The fourth-order valence-corrected chi connectivity index (χ4v) is 5.00. The molecule has 0 saturated heterocycles. The minimum Gasteiger partial charge on any atom is -0.480 e. The minimum atomic E-state index is -1.17. The summed E-state index contributed by atoms with van der Waals surface area (Å²) in [5.41, 5.74) is 0. The molecule has 0 aromatic carbocycles. The largest absolute Gasteiger partial charge is 0.480 e. The molecule has 0 aromatic heterocycles. The summed E-state index contributed by atoms with van der Waals surface area (Å²) < 4.78 is 31.7. The van der Waals surface area contributed by atoms with Gasteiger partial charge in [0.1, 0.15) is 25.9 Å². The van der Waals surface area contributed by atoms with Crippen LogP contribution in [-0.4, -0.2) is 145 Å². The second-order valence-corrected chi connectivity index (χ2v) is 13.2. The number of nitrogens with one attached hydrogen (secondary N) is 4. The van der Waals surface area contributed by atoms with E-state index in [-0.39, 0.29) is 121 Å². The van der Waals surface area contributed by atoms with E-state index in [1.165, 1.54) is 44.9 Å². The van der Waals surface area contributed by atoms with Gasteiger partial charge < -0.3 is 54.8 Å². The minimum absolute atomic E-state index is 0.00962. The predicted molar refractivity (Wildman–Crippen MR) is 209 cm³/mol. The van der Waals surface area contributed by atoms with Crippen LogP contribution in [0.3, 0.4) is 0 Å². The lowest BCUT2D eigenvalue weighted by Crippen LogP contribution is -2.41. The van der Waals surface area contributed by atoms with Gasteiger partial charge in [-0.15, -0.1) is 0 Å². The maximum Gasteiger partial charge on any atom is 0.326 e. The first-order valence-electron chi connectivity index (χ1n) is 20.5. The maximum atomic E-state index is 12.2. The topological polar surface area (TPSA) is 226 Å². The molecule has 4 amide bonds. The second-order valence-electron chi connectivity index (χ2n) is 13.2. The van der Waals surface area contributed by atoms with Gasteiger partial charge in [0, 0.05) is 38.9 Å². The number of Topliss-reactive ketones (excluding diaryl/α,β-unsaturated/α-hetero) is 1. The van der Waals surface area contributed by atoms with Gasteiger partial charge in [-0.1, -0.05) is 78.1 Å². The highest BCUT2D eigenvalue weighted by atomic mass is 16.5. The van der Waals surface area contributed by atoms with E-state index < -0.39 is 12.0 Å². The van der Waals surface area contributed by atoms with Gasteiger partial charge in [-0.2, -0.15) is 0 Å². The zero-order chi connectivity index (χ0) is 41.3. The number of carboxylic acids is 1. The summed E-state index contributed by atoms with van der Waals surface area (Å²) in [5, 5.41) is 20.0. The smallest absolute Gasteiger partial charge is 0.326 e. The molecular formula is C39H72N4O13. The van der Waals surface area contributed by atoms with Crippen molar-refractivity contribution in [1.29, 1.82) is 0 Å². The first-order chi connectivity index (χ1) is 27.2. The van der Waals surface area contributed by atoms with Crippen molar-refractivity contribution in [1.82, 2.24) is 21.3 Å². The van der Waals surface area contributed by atoms with Crippen LogP contribution in [0, 0.1) is 0 Å². The molecule has 0 fully saturated rings. The maximum absolute atomic E-state index is 12.2. The van der Waals surface area contributed by atoms with Crippen molar-refractivity contribution in [2.75, 3.05) is 98.9 Å². The van der Waals surface area contributed by atoms with Crippen LogP contribution >= 0.6 is 0 Å². The van der Waals surface area contributed by atoms with E-state index in [0.29, 0.717) is 32.8 Å². The van der Waals surface area contributed by atoms with Crippen molar-refractivity contribution in [3.8, 4) is 0 Å². The molecule has 0 heterocycles. The van der Waals surface area contributed by atoms with E-state index in [1.54, 1.807) is 6.92 Å². The molecule has 0 spiro atoms.